The van der Waals surface area contributed by atoms with Crippen molar-refractivity contribution in [1.29, 1.82) is 0 Å². The fourth-order valence-electron chi connectivity index (χ4n) is 8.89. The van der Waals surface area contributed by atoms with Crippen LogP contribution in [0, 0.1) is 0 Å². The van der Waals surface area contributed by atoms with Gasteiger partial charge in [-0.2, -0.15) is 0 Å². The lowest BCUT2D eigenvalue weighted by Crippen LogP contribution is -2.33. The van der Waals surface area contributed by atoms with Crippen LogP contribution in [-0.2, 0) is 0 Å². The maximum Gasteiger partial charge on any atom is 0.159 e. The average molecular weight is 743 g/mol. The van der Waals surface area contributed by atoms with Crippen molar-refractivity contribution in [1.82, 2.24) is 9.88 Å². The molecular weight excluding hydrogens is 709 g/mol. The molecule has 0 amide bonds. The highest BCUT2D eigenvalue weighted by atomic mass is 16.3. The molecule has 5 nitrogen and oxygen atoms in total. The summed E-state index contributed by atoms with van der Waals surface area (Å²) < 4.78 is 8.90. The second-order valence-electron chi connectivity index (χ2n) is 15.0. The number of nitrogens with one attached hydrogen (secondary N) is 1. The third-order valence-corrected chi connectivity index (χ3v) is 11.7. The zero-order valence-corrected chi connectivity index (χ0v) is 31.3. The molecule has 2 aromatic heterocycles. The minimum atomic E-state index is -0.370. The number of nitrogens with zero attached hydrogens (tertiary/aromatic N) is 3. The lowest BCUT2D eigenvalue weighted by atomic mass is 10.00. The van der Waals surface area contributed by atoms with E-state index in [4.69, 9.17) is 14.4 Å². The number of hydrogen-bond donors (Lipinski definition) is 1. The van der Waals surface area contributed by atoms with E-state index in [2.05, 4.69) is 180 Å². The summed E-state index contributed by atoms with van der Waals surface area (Å²) in [5.41, 5.74) is 10.3. The number of aliphatic imine (C=N–C) groups is 2. The summed E-state index contributed by atoms with van der Waals surface area (Å²) in [6.07, 6.45) is -0.370. The number of amidine groups is 2. The van der Waals surface area contributed by atoms with Crippen LogP contribution in [0.5, 0.6) is 0 Å². The molecule has 58 heavy (non-hydrogen) atoms. The fraction of sp³-hybridized carbons (Fsp3) is 0.0189. The molecule has 1 aliphatic rings. The predicted octanol–water partition coefficient (Wildman–Crippen LogP) is 13.2. The normalized spacial score (nSPS) is 14.4. The van der Waals surface area contributed by atoms with Crippen molar-refractivity contribution in [3.8, 4) is 16.8 Å². The van der Waals surface area contributed by atoms with E-state index < -0.39 is 0 Å². The Morgan fingerprint density at radius 2 is 1.05 bits per heavy atom. The first-order valence-electron chi connectivity index (χ1n) is 19.7. The van der Waals surface area contributed by atoms with Crippen LogP contribution in [0.1, 0.15) is 22.9 Å². The summed E-state index contributed by atoms with van der Waals surface area (Å²) in [6, 6.07) is 68.6. The molecule has 0 bridgehead atoms. The molecule has 1 unspecified atom stereocenters. The van der Waals surface area contributed by atoms with E-state index in [1.54, 1.807) is 0 Å². The van der Waals surface area contributed by atoms with Crippen LogP contribution in [0.15, 0.2) is 209 Å². The van der Waals surface area contributed by atoms with Crippen molar-refractivity contribution in [3.63, 3.8) is 0 Å². The lowest BCUT2D eigenvalue weighted by molar-refractivity contribution is 0.659. The van der Waals surface area contributed by atoms with Gasteiger partial charge < -0.3 is 14.3 Å². The Labute approximate surface area is 333 Å². The number of fused-ring (bicyclic) bond motifs is 10. The van der Waals surface area contributed by atoms with Gasteiger partial charge in [-0.3, -0.25) is 0 Å². The van der Waals surface area contributed by atoms with Crippen LogP contribution in [0.3, 0.4) is 0 Å². The molecule has 0 aliphatic carbocycles. The number of rotatable bonds is 5. The van der Waals surface area contributed by atoms with E-state index in [-0.39, 0.29) is 6.17 Å². The van der Waals surface area contributed by atoms with Crippen molar-refractivity contribution in [2.24, 2.45) is 9.98 Å². The van der Waals surface area contributed by atoms with Crippen molar-refractivity contribution < 1.29 is 4.42 Å². The van der Waals surface area contributed by atoms with Crippen LogP contribution in [0.4, 0.5) is 0 Å². The van der Waals surface area contributed by atoms with E-state index in [0.717, 1.165) is 55.7 Å². The molecule has 272 valence electrons. The molecule has 1 aliphatic heterocycles. The molecule has 9 aromatic carbocycles. The van der Waals surface area contributed by atoms with E-state index in [0.29, 0.717) is 5.84 Å². The van der Waals surface area contributed by atoms with Crippen LogP contribution < -0.4 is 5.32 Å². The fourth-order valence-corrected chi connectivity index (χ4v) is 8.89. The average Bonchev–Trinajstić information content (AvgIpc) is 3.86. The van der Waals surface area contributed by atoms with Gasteiger partial charge in [0.05, 0.1) is 16.6 Å². The molecule has 1 atom stereocenters. The third kappa shape index (κ3) is 5.10. The van der Waals surface area contributed by atoms with Crippen LogP contribution >= 0.6 is 0 Å². The topological polar surface area (TPSA) is 54.8 Å². The summed E-state index contributed by atoms with van der Waals surface area (Å²) in [6.45, 7) is 0. The molecular formula is C53H34N4O. The second-order valence-corrected chi connectivity index (χ2v) is 15.0. The standard InChI is InChI=1S/C53H34N4O/c1-2-11-33(12-3-1)34-21-23-37(24-22-34)51-54-52(56-53(55-51)44-19-10-18-43-42-17-8-9-20-47(42)58-50(43)44)38-25-29-39(30-26-38)57-45-31-27-35-13-4-6-15-40(35)48(45)49-41-16-7-5-14-36(41)28-32-46(49)57/h1-32,51H,(H,54,55,56). The Morgan fingerprint density at radius 3 is 1.76 bits per heavy atom. The van der Waals surface area contributed by atoms with Gasteiger partial charge in [-0.25, -0.2) is 9.98 Å². The highest BCUT2D eigenvalue weighted by molar-refractivity contribution is 6.28. The molecule has 0 fully saturated rings. The van der Waals surface area contributed by atoms with Gasteiger partial charge in [0, 0.05) is 32.8 Å². The number of aromatic nitrogens is 1. The number of furan rings is 1. The molecule has 0 spiro atoms. The van der Waals surface area contributed by atoms with Gasteiger partial charge in [-0.1, -0.05) is 146 Å². The lowest BCUT2D eigenvalue weighted by Gasteiger charge is -2.24. The molecule has 3 heterocycles. The smallest absolute Gasteiger partial charge is 0.159 e. The quantitative estimate of drug-likeness (QED) is 0.191. The third-order valence-electron chi connectivity index (χ3n) is 11.7. The molecule has 5 heteroatoms. The second kappa shape index (κ2) is 12.9. The summed E-state index contributed by atoms with van der Waals surface area (Å²) in [7, 11) is 0. The molecule has 0 saturated carbocycles. The largest absolute Gasteiger partial charge is 0.455 e. The summed E-state index contributed by atoms with van der Waals surface area (Å²) in [5, 5.41) is 13.3. The molecule has 12 rings (SSSR count). The Morgan fingerprint density at radius 1 is 0.466 bits per heavy atom. The first-order chi connectivity index (χ1) is 28.7. The van der Waals surface area contributed by atoms with Gasteiger partial charge in [-0.15, -0.1) is 0 Å². The highest BCUT2D eigenvalue weighted by Gasteiger charge is 2.24. The van der Waals surface area contributed by atoms with Crippen molar-refractivity contribution in [2.45, 2.75) is 6.17 Å². The Balaban J connectivity index is 1.01. The first-order valence-corrected chi connectivity index (χ1v) is 19.7. The molecule has 1 N–H and O–H groups in total. The summed E-state index contributed by atoms with van der Waals surface area (Å²) in [5.74, 6) is 1.38. The Kier molecular flexibility index (Phi) is 7.23. The van der Waals surface area contributed by atoms with E-state index in [1.807, 2.05) is 24.3 Å². The van der Waals surface area contributed by atoms with E-state index in [1.165, 1.54) is 48.9 Å². The molecule has 0 saturated heterocycles. The van der Waals surface area contributed by atoms with E-state index >= 15 is 0 Å². The molecule has 0 radical (unpaired) electrons. The maximum absolute atomic E-state index is 6.50. The SMILES string of the molecule is c1ccc(-c2ccc(C3N=C(c4ccc(-n5c6ccc7ccccc7c6c6c7ccccc7ccc65)cc4)N=C(c4cccc5c4oc4ccccc45)N3)cc2)cc1. The summed E-state index contributed by atoms with van der Waals surface area (Å²) in [4.78, 5) is 10.5. The van der Waals surface area contributed by atoms with Gasteiger partial charge in [0.15, 0.2) is 5.84 Å². The van der Waals surface area contributed by atoms with Crippen LogP contribution in [-0.4, -0.2) is 16.2 Å². The van der Waals surface area contributed by atoms with Gasteiger partial charge in [0.2, 0.25) is 0 Å². The van der Waals surface area contributed by atoms with Gasteiger partial charge in [0.25, 0.3) is 0 Å². The Bertz CT molecular complexity index is 3370. The monoisotopic (exact) mass is 742 g/mol. The van der Waals surface area contributed by atoms with Crippen molar-refractivity contribution >= 4 is 77.0 Å². The first kappa shape index (κ1) is 32.5. The minimum Gasteiger partial charge on any atom is -0.455 e. The van der Waals surface area contributed by atoms with Gasteiger partial charge >= 0.3 is 0 Å². The van der Waals surface area contributed by atoms with Gasteiger partial charge in [-0.05, 0) is 86.8 Å². The van der Waals surface area contributed by atoms with Crippen LogP contribution in [0.25, 0.3) is 82.1 Å². The van der Waals surface area contributed by atoms with Crippen molar-refractivity contribution in [2.75, 3.05) is 0 Å². The highest BCUT2D eigenvalue weighted by Crippen LogP contribution is 2.41. The molecule has 11 aromatic rings. The zero-order valence-electron chi connectivity index (χ0n) is 31.3. The minimum absolute atomic E-state index is 0.370. The zero-order chi connectivity index (χ0) is 38.2. The van der Waals surface area contributed by atoms with E-state index in [9.17, 15) is 0 Å². The number of para-hydroxylation sites is 2. The van der Waals surface area contributed by atoms with Crippen molar-refractivity contribution in [3.05, 3.63) is 211 Å². The summed E-state index contributed by atoms with van der Waals surface area (Å²) >= 11 is 0. The number of hydrogen-bond acceptors (Lipinski definition) is 4. The van der Waals surface area contributed by atoms with Crippen LogP contribution in [0.2, 0.25) is 0 Å². The maximum atomic E-state index is 6.50. The predicted molar refractivity (Wildman–Crippen MR) is 240 cm³/mol. The number of benzene rings is 9. The van der Waals surface area contributed by atoms with Gasteiger partial charge in [0.1, 0.15) is 23.2 Å². The Hall–Kier alpha value is -7.76.